The molecule has 5 nitrogen and oxygen atoms in total. The summed E-state index contributed by atoms with van der Waals surface area (Å²) in [4.78, 5) is 14.5. The predicted molar refractivity (Wildman–Crippen MR) is 97.7 cm³/mol. The van der Waals surface area contributed by atoms with Crippen LogP contribution in [0.4, 0.5) is 0 Å². The van der Waals surface area contributed by atoms with E-state index in [0.717, 1.165) is 12.0 Å². The molecule has 4 rings (SSSR count). The number of fused-ring (bicyclic) bond motifs is 2. The molecule has 138 valence electrons. The lowest BCUT2D eigenvalue weighted by Crippen LogP contribution is -2.42. The van der Waals surface area contributed by atoms with Crippen molar-refractivity contribution in [3.63, 3.8) is 0 Å². The summed E-state index contributed by atoms with van der Waals surface area (Å²) < 4.78 is 5.85. The fourth-order valence-corrected chi connectivity index (χ4v) is 4.21. The van der Waals surface area contributed by atoms with Crippen molar-refractivity contribution in [2.24, 2.45) is 11.8 Å². The Morgan fingerprint density at radius 1 is 1.12 bits per heavy atom. The molecule has 26 heavy (non-hydrogen) atoms. The lowest BCUT2D eigenvalue weighted by atomic mass is 9.98. The summed E-state index contributed by atoms with van der Waals surface area (Å²) in [5, 5.41) is 20.1. The standard InChI is InChI=1S/C21H25NO4/c1-12(2)13-4-3-5-14(8-13)17-6-7-18(26-17)21(25)22-10-15-9-16(11-22)20(24)19(15)23/h3-8,12,15-16,19-20,23-24H,9-11H2,1-2H3/t15-,16+,19+,20-. The number of amides is 1. The topological polar surface area (TPSA) is 73.9 Å². The van der Waals surface area contributed by atoms with Crippen LogP contribution in [0.2, 0.25) is 0 Å². The summed E-state index contributed by atoms with van der Waals surface area (Å²) in [7, 11) is 0. The Morgan fingerprint density at radius 2 is 1.81 bits per heavy atom. The lowest BCUT2D eigenvalue weighted by molar-refractivity contribution is 0.0130. The molecule has 2 aliphatic rings. The number of carbonyl (C=O) groups excluding carboxylic acids is 1. The van der Waals surface area contributed by atoms with Gasteiger partial charge in [0.1, 0.15) is 5.76 Å². The lowest BCUT2D eigenvalue weighted by Gasteiger charge is -2.31. The van der Waals surface area contributed by atoms with Crippen LogP contribution < -0.4 is 0 Å². The third-order valence-corrected chi connectivity index (χ3v) is 5.77. The molecule has 5 heteroatoms. The Bertz CT molecular complexity index is 796. The van der Waals surface area contributed by atoms with Gasteiger partial charge in [-0.2, -0.15) is 0 Å². The first-order chi connectivity index (χ1) is 12.4. The first-order valence-electron chi connectivity index (χ1n) is 9.29. The summed E-state index contributed by atoms with van der Waals surface area (Å²) in [6.45, 7) is 5.21. The third kappa shape index (κ3) is 2.95. The molecule has 2 fully saturated rings. The number of aliphatic hydroxyl groups is 2. The highest BCUT2D eigenvalue weighted by Gasteiger charge is 2.47. The van der Waals surface area contributed by atoms with E-state index in [4.69, 9.17) is 4.42 Å². The number of nitrogens with zero attached hydrogens (tertiary/aromatic N) is 1. The Morgan fingerprint density at radius 3 is 2.46 bits per heavy atom. The normalized spacial score (nSPS) is 28.0. The van der Waals surface area contributed by atoms with Crippen molar-refractivity contribution in [1.29, 1.82) is 0 Å². The van der Waals surface area contributed by atoms with Crippen LogP contribution in [0.1, 0.15) is 42.3 Å². The van der Waals surface area contributed by atoms with Gasteiger partial charge in [-0.25, -0.2) is 0 Å². The van der Waals surface area contributed by atoms with Gasteiger partial charge < -0.3 is 19.5 Å². The number of aliphatic hydroxyl groups excluding tert-OH is 2. The molecule has 2 heterocycles. The van der Waals surface area contributed by atoms with Gasteiger partial charge in [-0.1, -0.05) is 32.0 Å². The van der Waals surface area contributed by atoms with Crippen molar-refractivity contribution in [2.75, 3.05) is 13.1 Å². The van der Waals surface area contributed by atoms with Gasteiger partial charge in [-0.3, -0.25) is 4.79 Å². The molecule has 2 aromatic rings. The van der Waals surface area contributed by atoms with Gasteiger partial charge in [0.25, 0.3) is 5.91 Å². The van der Waals surface area contributed by atoms with Crippen LogP contribution in [0, 0.1) is 11.8 Å². The maximum Gasteiger partial charge on any atom is 0.289 e. The monoisotopic (exact) mass is 355 g/mol. The second-order valence-electron chi connectivity index (χ2n) is 7.89. The molecule has 1 aromatic carbocycles. The molecule has 1 aliphatic heterocycles. The summed E-state index contributed by atoms with van der Waals surface area (Å²) in [5.41, 5.74) is 2.18. The fraction of sp³-hybridized carbons (Fsp3) is 0.476. The van der Waals surface area contributed by atoms with Gasteiger partial charge in [-0.15, -0.1) is 0 Å². The number of carbonyl (C=O) groups is 1. The maximum absolute atomic E-state index is 12.8. The number of likely N-dealkylation sites (tertiary alicyclic amines) is 1. The maximum atomic E-state index is 12.8. The number of hydrogen-bond donors (Lipinski definition) is 2. The van der Waals surface area contributed by atoms with Crippen LogP contribution in [0.5, 0.6) is 0 Å². The SMILES string of the molecule is CC(C)c1cccc(-c2ccc(C(=O)N3C[C@@H]4C[C@H](C3)[C@H](O)[C@@H]4O)o2)c1. The van der Waals surface area contributed by atoms with Crippen molar-refractivity contribution in [3.05, 3.63) is 47.7 Å². The number of benzene rings is 1. The van der Waals surface area contributed by atoms with E-state index in [1.54, 1.807) is 11.0 Å². The minimum Gasteiger partial charge on any atom is -0.451 e. The van der Waals surface area contributed by atoms with E-state index in [2.05, 4.69) is 26.0 Å². The predicted octanol–water partition coefficient (Wildman–Crippen LogP) is 2.88. The van der Waals surface area contributed by atoms with Gasteiger partial charge in [0, 0.05) is 30.5 Å². The average Bonchev–Trinajstić information content (AvgIpc) is 3.22. The smallest absolute Gasteiger partial charge is 0.289 e. The Kier molecular flexibility index (Phi) is 4.37. The van der Waals surface area contributed by atoms with E-state index in [-0.39, 0.29) is 17.7 Å². The Balaban J connectivity index is 1.53. The van der Waals surface area contributed by atoms with Crippen molar-refractivity contribution in [3.8, 4) is 11.3 Å². The molecule has 0 radical (unpaired) electrons. The highest BCUT2D eigenvalue weighted by Crippen LogP contribution is 2.37. The molecule has 4 atom stereocenters. The van der Waals surface area contributed by atoms with Crippen molar-refractivity contribution in [1.82, 2.24) is 4.90 Å². The number of hydrogen-bond acceptors (Lipinski definition) is 4. The van der Waals surface area contributed by atoms with Crippen LogP contribution in [0.25, 0.3) is 11.3 Å². The fourth-order valence-electron chi connectivity index (χ4n) is 4.21. The second-order valence-corrected chi connectivity index (χ2v) is 7.89. The van der Waals surface area contributed by atoms with Gasteiger partial charge in [0.2, 0.25) is 0 Å². The van der Waals surface area contributed by atoms with Crippen LogP contribution in [-0.2, 0) is 0 Å². The summed E-state index contributed by atoms with van der Waals surface area (Å²) in [5.74, 6) is 1.13. The van der Waals surface area contributed by atoms with Gasteiger partial charge in [-0.05, 0) is 36.1 Å². The summed E-state index contributed by atoms with van der Waals surface area (Å²) in [6.07, 6.45) is -0.690. The highest BCUT2D eigenvalue weighted by atomic mass is 16.4. The summed E-state index contributed by atoms with van der Waals surface area (Å²) >= 11 is 0. The summed E-state index contributed by atoms with van der Waals surface area (Å²) in [6, 6.07) is 11.7. The molecular formula is C21H25NO4. The molecule has 0 unspecified atom stereocenters. The second kappa shape index (κ2) is 6.56. The van der Waals surface area contributed by atoms with Crippen molar-refractivity contribution >= 4 is 5.91 Å². The minimum atomic E-state index is -0.733. The molecule has 2 bridgehead atoms. The number of furan rings is 1. The first kappa shape index (κ1) is 17.3. The van der Waals surface area contributed by atoms with Crippen LogP contribution >= 0.6 is 0 Å². The Labute approximate surface area is 153 Å². The molecule has 0 spiro atoms. The zero-order valence-corrected chi connectivity index (χ0v) is 15.1. The van der Waals surface area contributed by atoms with E-state index < -0.39 is 12.2 Å². The van der Waals surface area contributed by atoms with E-state index in [1.165, 1.54) is 5.56 Å². The van der Waals surface area contributed by atoms with Crippen LogP contribution in [-0.4, -0.2) is 46.3 Å². The quantitative estimate of drug-likeness (QED) is 0.888. The van der Waals surface area contributed by atoms with Gasteiger partial charge in [0.15, 0.2) is 5.76 Å². The van der Waals surface area contributed by atoms with Crippen molar-refractivity contribution < 1.29 is 19.4 Å². The zero-order valence-electron chi connectivity index (χ0n) is 15.1. The number of piperidine rings is 1. The number of rotatable bonds is 3. The third-order valence-electron chi connectivity index (χ3n) is 5.77. The van der Waals surface area contributed by atoms with E-state index in [0.29, 0.717) is 30.5 Å². The molecule has 1 aromatic heterocycles. The van der Waals surface area contributed by atoms with E-state index >= 15 is 0 Å². The largest absolute Gasteiger partial charge is 0.451 e. The van der Waals surface area contributed by atoms with Gasteiger partial charge >= 0.3 is 0 Å². The highest BCUT2D eigenvalue weighted by molar-refractivity contribution is 5.92. The van der Waals surface area contributed by atoms with Crippen molar-refractivity contribution in [2.45, 2.75) is 38.4 Å². The molecular weight excluding hydrogens is 330 g/mol. The molecule has 1 saturated carbocycles. The van der Waals surface area contributed by atoms with E-state index in [9.17, 15) is 15.0 Å². The van der Waals surface area contributed by atoms with Crippen LogP contribution in [0.3, 0.4) is 0 Å². The molecule has 1 saturated heterocycles. The Hall–Kier alpha value is -2.11. The molecule has 1 amide bonds. The first-order valence-corrected chi connectivity index (χ1v) is 9.29. The van der Waals surface area contributed by atoms with Gasteiger partial charge in [0.05, 0.1) is 12.2 Å². The van der Waals surface area contributed by atoms with E-state index in [1.807, 2.05) is 18.2 Å². The van der Waals surface area contributed by atoms with Crippen LogP contribution in [0.15, 0.2) is 40.8 Å². The zero-order chi connectivity index (χ0) is 18.4. The molecule has 2 N–H and O–H groups in total. The minimum absolute atomic E-state index is 0.0511. The molecule has 1 aliphatic carbocycles. The average molecular weight is 355 g/mol.